The first kappa shape index (κ1) is 15.4. The van der Waals surface area contributed by atoms with E-state index < -0.39 is 0 Å². The number of anilines is 1. The highest BCUT2D eigenvalue weighted by Gasteiger charge is 2.10. The Hall–Kier alpha value is -2.63. The van der Waals surface area contributed by atoms with Gasteiger partial charge < -0.3 is 15.1 Å². The van der Waals surface area contributed by atoms with E-state index in [4.69, 9.17) is 9.90 Å². The molecule has 0 bridgehead atoms. The maximum atomic E-state index is 9.48. The minimum absolute atomic E-state index is 0.212. The summed E-state index contributed by atoms with van der Waals surface area (Å²) in [5, 5.41) is 16.4. The predicted molar refractivity (Wildman–Crippen MR) is 76.9 cm³/mol. The van der Waals surface area contributed by atoms with Crippen LogP contribution in [0.3, 0.4) is 0 Å². The Bertz CT molecular complexity index is 586. The zero-order valence-electron chi connectivity index (χ0n) is 11.6. The maximum Gasteiger partial charge on any atom is 0.290 e. The molecule has 0 unspecified atom stereocenters. The van der Waals surface area contributed by atoms with Crippen LogP contribution in [0.5, 0.6) is 5.75 Å². The molecule has 2 rings (SSSR count). The molecule has 2 aromatic heterocycles. The molecule has 0 saturated carbocycles. The fraction of sp³-hybridized carbons (Fsp3) is 0.214. The van der Waals surface area contributed by atoms with Crippen LogP contribution in [0.4, 0.5) is 5.82 Å². The van der Waals surface area contributed by atoms with Crippen molar-refractivity contribution in [3.05, 3.63) is 36.2 Å². The topological polar surface area (TPSA) is 86.5 Å². The van der Waals surface area contributed by atoms with Gasteiger partial charge in [-0.05, 0) is 31.2 Å². The molecule has 20 heavy (non-hydrogen) atoms. The second kappa shape index (κ2) is 7.08. The van der Waals surface area contributed by atoms with Crippen molar-refractivity contribution >= 4 is 12.3 Å². The van der Waals surface area contributed by atoms with Gasteiger partial charge in [0.05, 0.1) is 11.4 Å². The van der Waals surface area contributed by atoms with Crippen LogP contribution in [0.25, 0.3) is 11.3 Å². The highest BCUT2D eigenvalue weighted by Crippen LogP contribution is 2.27. The second-order valence-corrected chi connectivity index (χ2v) is 4.18. The second-order valence-electron chi connectivity index (χ2n) is 4.18. The summed E-state index contributed by atoms with van der Waals surface area (Å²) >= 11 is 0. The Morgan fingerprint density at radius 1 is 1.25 bits per heavy atom. The van der Waals surface area contributed by atoms with Gasteiger partial charge >= 0.3 is 0 Å². The SMILES string of the molecule is Cc1nc(-c2cccnc2N(C)C)ccc1O.O=CO. The number of nitrogens with zero attached hydrogens (tertiary/aromatic N) is 3. The number of carboxylic acid groups (broad SMARTS) is 1. The summed E-state index contributed by atoms with van der Waals surface area (Å²) in [4.78, 5) is 19.0. The molecule has 0 radical (unpaired) electrons. The number of carbonyl (C=O) groups is 1. The van der Waals surface area contributed by atoms with E-state index >= 15 is 0 Å². The number of hydrogen-bond donors (Lipinski definition) is 2. The number of aryl methyl sites for hydroxylation is 1. The lowest BCUT2D eigenvalue weighted by molar-refractivity contribution is -0.122. The van der Waals surface area contributed by atoms with Crippen LogP contribution in [-0.2, 0) is 4.79 Å². The fourth-order valence-electron chi connectivity index (χ4n) is 1.66. The monoisotopic (exact) mass is 275 g/mol. The number of rotatable bonds is 2. The lowest BCUT2D eigenvalue weighted by Crippen LogP contribution is -2.12. The number of aromatic nitrogens is 2. The Kier molecular flexibility index (Phi) is 5.46. The molecule has 0 fully saturated rings. The van der Waals surface area contributed by atoms with Crippen LogP contribution in [0.1, 0.15) is 5.69 Å². The van der Waals surface area contributed by atoms with Crippen molar-refractivity contribution in [2.45, 2.75) is 6.92 Å². The molecule has 0 aliphatic carbocycles. The van der Waals surface area contributed by atoms with E-state index in [0.29, 0.717) is 5.69 Å². The van der Waals surface area contributed by atoms with Crippen LogP contribution >= 0.6 is 0 Å². The standard InChI is InChI=1S/C13H15N3O.CH2O2/c1-9-12(17)7-6-11(15-9)10-5-4-8-14-13(10)16(2)3;2-1-3/h4-8,17H,1-3H3;1H,(H,2,3). The van der Waals surface area contributed by atoms with Gasteiger partial charge in [0.1, 0.15) is 11.6 Å². The average Bonchev–Trinajstić information content (AvgIpc) is 2.43. The molecule has 6 nitrogen and oxygen atoms in total. The van der Waals surface area contributed by atoms with E-state index in [1.165, 1.54) is 0 Å². The molecule has 0 saturated heterocycles. The van der Waals surface area contributed by atoms with E-state index in [1.807, 2.05) is 31.1 Å². The molecule has 0 atom stereocenters. The minimum atomic E-state index is -0.250. The van der Waals surface area contributed by atoms with Crippen LogP contribution in [-0.4, -0.2) is 40.7 Å². The number of pyridine rings is 2. The van der Waals surface area contributed by atoms with Crippen molar-refractivity contribution in [1.29, 1.82) is 0 Å². The molecular weight excluding hydrogens is 258 g/mol. The molecule has 2 aromatic rings. The third-order valence-electron chi connectivity index (χ3n) is 2.54. The summed E-state index contributed by atoms with van der Waals surface area (Å²) in [7, 11) is 3.89. The molecule has 2 heterocycles. The Morgan fingerprint density at radius 3 is 2.45 bits per heavy atom. The number of hydrogen-bond acceptors (Lipinski definition) is 5. The van der Waals surface area contributed by atoms with E-state index in [-0.39, 0.29) is 12.2 Å². The smallest absolute Gasteiger partial charge is 0.290 e. The Morgan fingerprint density at radius 2 is 1.90 bits per heavy atom. The van der Waals surface area contributed by atoms with Gasteiger partial charge in [0.2, 0.25) is 0 Å². The summed E-state index contributed by atoms with van der Waals surface area (Å²) in [6, 6.07) is 7.31. The zero-order chi connectivity index (χ0) is 15.1. The summed E-state index contributed by atoms with van der Waals surface area (Å²) < 4.78 is 0. The van der Waals surface area contributed by atoms with Gasteiger partial charge in [-0.2, -0.15) is 0 Å². The van der Waals surface area contributed by atoms with Crippen molar-refractivity contribution in [2.75, 3.05) is 19.0 Å². The first-order valence-corrected chi connectivity index (χ1v) is 5.88. The first-order chi connectivity index (χ1) is 9.51. The Balaban J connectivity index is 0.000000612. The van der Waals surface area contributed by atoms with E-state index in [0.717, 1.165) is 17.1 Å². The van der Waals surface area contributed by atoms with Gasteiger partial charge in [-0.25, -0.2) is 9.97 Å². The van der Waals surface area contributed by atoms with Gasteiger partial charge in [0.25, 0.3) is 6.47 Å². The summed E-state index contributed by atoms with van der Waals surface area (Å²) in [6.45, 7) is 1.53. The van der Waals surface area contributed by atoms with Crippen molar-refractivity contribution < 1.29 is 15.0 Å². The zero-order valence-corrected chi connectivity index (χ0v) is 11.6. The Labute approximate surface area is 117 Å². The normalized spacial score (nSPS) is 9.35. The van der Waals surface area contributed by atoms with Gasteiger partial charge in [0, 0.05) is 25.9 Å². The van der Waals surface area contributed by atoms with Gasteiger partial charge in [-0.15, -0.1) is 0 Å². The molecule has 0 spiro atoms. The summed E-state index contributed by atoms with van der Waals surface area (Å²) in [5.41, 5.74) is 2.40. The minimum Gasteiger partial charge on any atom is -0.506 e. The van der Waals surface area contributed by atoms with Crippen LogP contribution in [0.15, 0.2) is 30.5 Å². The average molecular weight is 275 g/mol. The molecule has 0 aliphatic heterocycles. The van der Waals surface area contributed by atoms with Gasteiger partial charge in [-0.1, -0.05) is 0 Å². The van der Waals surface area contributed by atoms with Crippen LogP contribution < -0.4 is 4.90 Å². The van der Waals surface area contributed by atoms with Gasteiger partial charge in [0.15, 0.2) is 0 Å². The first-order valence-electron chi connectivity index (χ1n) is 5.88. The van der Waals surface area contributed by atoms with E-state index in [9.17, 15) is 5.11 Å². The van der Waals surface area contributed by atoms with Crippen molar-refractivity contribution in [1.82, 2.24) is 9.97 Å². The molecule has 0 aliphatic rings. The number of aromatic hydroxyl groups is 1. The van der Waals surface area contributed by atoms with Crippen LogP contribution in [0.2, 0.25) is 0 Å². The lowest BCUT2D eigenvalue weighted by Gasteiger charge is -2.15. The highest BCUT2D eigenvalue weighted by molar-refractivity contribution is 5.73. The van der Waals surface area contributed by atoms with Crippen molar-refractivity contribution in [3.8, 4) is 17.0 Å². The third kappa shape index (κ3) is 3.68. The largest absolute Gasteiger partial charge is 0.506 e. The predicted octanol–water partition coefficient (Wildman–Crippen LogP) is 1.92. The van der Waals surface area contributed by atoms with E-state index in [2.05, 4.69) is 9.97 Å². The molecule has 106 valence electrons. The van der Waals surface area contributed by atoms with Crippen molar-refractivity contribution in [3.63, 3.8) is 0 Å². The molecular formula is C14H17N3O3. The fourth-order valence-corrected chi connectivity index (χ4v) is 1.66. The quantitative estimate of drug-likeness (QED) is 0.814. The van der Waals surface area contributed by atoms with Crippen LogP contribution in [0, 0.1) is 6.92 Å². The third-order valence-corrected chi connectivity index (χ3v) is 2.54. The molecule has 0 amide bonds. The van der Waals surface area contributed by atoms with Gasteiger partial charge in [-0.3, -0.25) is 4.79 Å². The highest BCUT2D eigenvalue weighted by atomic mass is 16.3. The maximum absolute atomic E-state index is 9.48. The molecule has 0 aromatic carbocycles. The molecule has 2 N–H and O–H groups in total. The molecule has 6 heteroatoms. The summed E-state index contributed by atoms with van der Waals surface area (Å²) in [6.07, 6.45) is 1.76. The van der Waals surface area contributed by atoms with Crippen molar-refractivity contribution in [2.24, 2.45) is 0 Å². The van der Waals surface area contributed by atoms with E-state index in [1.54, 1.807) is 25.3 Å². The lowest BCUT2D eigenvalue weighted by atomic mass is 10.1. The summed E-state index contributed by atoms with van der Waals surface area (Å²) in [5.74, 6) is 1.08.